The van der Waals surface area contributed by atoms with Gasteiger partial charge in [-0.3, -0.25) is 4.90 Å². The highest BCUT2D eigenvalue weighted by Crippen LogP contribution is 2.27. The number of anilines is 2. The van der Waals surface area contributed by atoms with Gasteiger partial charge in [-0.15, -0.1) is 0 Å². The SMILES string of the molecule is CC(C)(C)CCN1CCN(c2ncnc(N)c2Cl)CC1. The minimum absolute atomic E-state index is 0.354. The quantitative estimate of drug-likeness (QED) is 0.927. The van der Waals surface area contributed by atoms with Gasteiger partial charge < -0.3 is 10.6 Å². The molecule has 112 valence electrons. The van der Waals surface area contributed by atoms with E-state index in [-0.39, 0.29) is 0 Å². The normalized spacial score (nSPS) is 17.5. The average molecular weight is 298 g/mol. The van der Waals surface area contributed by atoms with Crippen molar-refractivity contribution in [2.75, 3.05) is 43.4 Å². The molecule has 0 amide bonds. The van der Waals surface area contributed by atoms with Crippen LogP contribution in [0.3, 0.4) is 0 Å². The molecular weight excluding hydrogens is 274 g/mol. The molecule has 2 rings (SSSR count). The lowest BCUT2D eigenvalue weighted by Gasteiger charge is -2.36. The van der Waals surface area contributed by atoms with Crippen LogP contribution in [0.15, 0.2) is 6.33 Å². The van der Waals surface area contributed by atoms with Gasteiger partial charge in [0.15, 0.2) is 5.82 Å². The average Bonchev–Trinajstić information content (AvgIpc) is 2.40. The number of nitrogens with two attached hydrogens (primary N) is 1. The molecule has 0 aliphatic carbocycles. The first-order valence-corrected chi connectivity index (χ1v) is 7.48. The van der Waals surface area contributed by atoms with Gasteiger partial charge in [0.1, 0.15) is 17.2 Å². The molecule has 1 aliphatic heterocycles. The van der Waals surface area contributed by atoms with Crippen molar-refractivity contribution in [2.24, 2.45) is 5.41 Å². The Morgan fingerprint density at radius 2 is 1.85 bits per heavy atom. The van der Waals surface area contributed by atoms with Crippen LogP contribution in [0.5, 0.6) is 0 Å². The molecule has 1 saturated heterocycles. The van der Waals surface area contributed by atoms with E-state index in [0.717, 1.165) is 38.5 Å². The van der Waals surface area contributed by atoms with Crippen LogP contribution in [-0.2, 0) is 0 Å². The van der Waals surface area contributed by atoms with Gasteiger partial charge in [0.25, 0.3) is 0 Å². The number of piperazine rings is 1. The fourth-order valence-electron chi connectivity index (χ4n) is 2.27. The zero-order valence-electron chi connectivity index (χ0n) is 12.6. The Kier molecular flexibility index (Phi) is 4.70. The molecule has 1 aliphatic rings. The molecule has 0 unspecified atom stereocenters. The second-order valence-electron chi connectivity index (χ2n) is 6.54. The van der Waals surface area contributed by atoms with E-state index in [9.17, 15) is 0 Å². The summed E-state index contributed by atoms with van der Waals surface area (Å²) in [5.41, 5.74) is 6.12. The smallest absolute Gasteiger partial charge is 0.153 e. The van der Waals surface area contributed by atoms with E-state index in [0.29, 0.717) is 16.3 Å². The van der Waals surface area contributed by atoms with Crippen LogP contribution in [0.2, 0.25) is 5.02 Å². The first kappa shape index (κ1) is 15.3. The summed E-state index contributed by atoms with van der Waals surface area (Å²) < 4.78 is 0. The summed E-state index contributed by atoms with van der Waals surface area (Å²) in [6.07, 6.45) is 2.69. The molecule has 6 heteroatoms. The minimum Gasteiger partial charge on any atom is -0.382 e. The molecule has 20 heavy (non-hydrogen) atoms. The minimum atomic E-state index is 0.354. The maximum atomic E-state index is 6.18. The first-order chi connectivity index (χ1) is 9.37. The van der Waals surface area contributed by atoms with Gasteiger partial charge in [0.2, 0.25) is 0 Å². The lowest BCUT2D eigenvalue weighted by Crippen LogP contribution is -2.47. The van der Waals surface area contributed by atoms with Gasteiger partial charge in [-0.25, -0.2) is 9.97 Å². The maximum absolute atomic E-state index is 6.18. The molecule has 2 N–H and O–H groups in total. The van der Waals surface area contributed by atoms with E-state index in [1.807, 2.05) is 0 Å². The molecule has 1 fully saturated rings. The lowest BCUT2D eigenvalue weighted by molar-refractivity contribution is 0.217. The summed E-state index contributed by atoms with van der Waals surface area (Å²) >= 11 is 6.18. The van der Waals surface area contributed by atoms with Crippen LogP contribution in [0, 0.1) is 5.41 Å². The number of halogens is 1. The predicted molar refractivity (Wildman–Crippen MR) is 84.2 cm³/mol. The number of nitrogens with zero attached hydrogens (tertiary/aromatic N) is 4. The van der Waals surface area contributed by atoms with Crippen molar-refractivity contribution in [1.29, 1.82) is 0 Å². The van der Waals surface area contributed by atoms with Gasteiger partial charge in [-0.1, -0.05) is 32.4 Å². The third-order valence-electron chi connectivity index (χ3n) is 3.65. The molecule has 0 radical (unpaired) electrons. The Balaban J connectivity index is 1.90. The Morgan fingerprint density at radius 3 is 2.45 bits per heavy atom. The van der Waals surface area contributed by atoms with Crippen LogP contribution in [0.25, 0.3) is 0 Å². The molecule has 1 aromatic heterocycles. The molecule has 1 aromatic rings. The summed E-state index contributed by atoms with van der Waals surface area (Å²) in [5.74, 6) is 1.11. The fraction of sp³-hybridized carbons (Fsp3) is 0.714. The fourth-order valence-corrected chi connectivity index (χ4v) is 2.49. The summed E-state index contributed by atoms with van der Waals surface area (Å²) in [5, 5.41) is 0.468. The van der Waals surface area contributed by atoms with E-state index >= 15 is 0 Å². The molecular formula is C14H24ClN5. The van der Waals surface area contributed by atoms with Crippen molar-refractivity contribution in [3.05, 3.63) is 11.3 Å². The predicted octanol–water partition coefficient (Wildman–Crippen LogP) is 2.27. The zero-order chi connectivity index (χ0) is 14.8. The highest BCUT2D eigenvalue weighted by Gasteiger charge is 2.22. The largest absolute Gasteiger partial charge is 0.382 e. The maximum Gasteiger partial charge on any atom is 0.153 e. The van der Waals surface area contributed by atoms with E-state index in [4.69, 9.17) is 17.3 Å². The molecule has 5 nitrogen and oxygen atoms in total. The first-order valence-electron chi connectivity index (χ1n) is 7.10. The number of hydrogen-bond acceptors (Lipinski definition) is 5. The molecule has 0 spiro atoms. The molecule has 0 saturated carbocycles. The van der Waals surface area contributed by atoms with Crippen molar-refractivity contribution in [3.8, 4) is 0 Å². The van der Waals surface area contributed by atoms with Crippen molar-refractivity contribution < 1.29 is 0 Å². The molecule has 0 bridgehead atoms. The number of nitrogen functional groups attached to an aromatic ring is 1. The molecule has 2 heterocycles. The third-order valence-corrected chi connectivity index (χ3v) is 4.01. The molecule has 0 aromatic carbocycles. The standard InChI is InChI=1S/C14H24ClN5/c1-14(2,3)4-5-19-6-8-20(9-7-19)13-11(15)12(16)17-10-18-13/h10H,4-9H2,1-3H3,(H2,16,17,18). The summed E-state index contributed by atoms with van der Waals surface area (Å²) in [7, 11) is 0. The highest BCUT2D eigenvalue weighted by molar-refractivity contribution is 6.35. The molecule has 0 atom stereocenters. The Morgan fingerprint density at radius 1 is 1.20 bits per heavy atom. The van der Waals surface area contributed by atoms with Crippen molar-refractivity contribution >= 4 is 23.2 Å². The van der Waals surface area contributed by atoms with Crippen molar-refractivity contribution in [1.82, 2.24) is 14.9 Å². The van der Waals surface area contributed by atoms with Crippen LogP contribution >= 0.6 is 11.6 Å². The summed E-state index contributed by atoms with van der Waals surface area (Å²) in [6, 6.07) is 0. The van der Waals surface area contributed by atoms with Crippen molar-refractivity contribution in [2.45, 2.75) is 27.2 Å². The third kappa shape index (κ3) is 3.96. The Bertz CT molecular complexity index is 449. The Hall–Kier alpha value is -1.07. The number of hydrogen-bond donors (Lipinski definition) is 1. The number of aromatic nitrogens is 2. The van der Waals surface area contributed by atoms with E-state index in [1.165, 1.54) is 12.7 Å². The van der Waals surface area contributed by atoms with Crippen LogP contribution in [-0.4, -0.2) is 47.6 Å². The van der Waals surface area contributed by atoms with E-state index in [1.54, 1.807) is 0 Å². The monoisotopic (exact) mass is 297 g/mol. The zero-order valence-corrected chi connectivity index (χ0v) is 13.3. The van der Waals surface area contributed by atoms with E-state index in [2.05, 4.69) is 40.5 Å². The van der Waals surface area contributed by atoms with Crippen LogP contribution in [0.1, 0.15) is 27.2 Å². The van der Waals surface area contributed by atoms with Gasteiger partial charge in [0, 0.05) is 26.2 Å². The lowest BCUT2D eigenvalue weighted by atomic mass is 9.92. The topological polar surface area (TPSA) is 58.3 Å². The number of rotatable bonds is 3. The van der Waals surface area contributed by atoms with Crippen LogP contribution in [0.4, 0.5) is 11.6 Å². The van der Waals surface area contributed by atoms with Gasteiger partial charge in [-0.2, -0.15) is 0 Å². The van der Waals surface area contributed by atoms with Gasteiger partial charge in [0.05, 0.1) is 0 Å². The second-order valence-corrected chi connectivity index (χ2v) is 6.91. The van der Waals surface area contributed by atoms with Crippen LogP contribution < -0.4 is 10.6 Å². The van der Waals surface area contributed by atoms with Gasteiger partial charge in [-0.05, 0) is 18.4 Å². The summed E-state index contributed by atoms with van der Waals surface area (Å²) in [4.78, 5) is 12.8. The second kappa shape index (κ2) is 6.14. The van der Waals surface area contributed by atoms with E-state index < -0.39 is 0 Å². The van der Waals surface area contributed by atoms with Gasteiger partial charge >= 0.3 is 0 Å². The van der Waals surface area contributed by atoms with Crippen molar-refractivity contribution in [3.63, 3.8) is 0 Å². The highest BCUT2D eigenvalue weighted by atomic mass is 35.5. The Labute approximate surface area is 126 Å². The summed E-state index contributed by atoms with van der Waals surface area (Å²) in [6.45, 7) is 11.9.